The normalized spacial score (nSPS) is 23.2. The predicted molar refractivity (Wildman–Crippen MR) is 70.5 cm³/mol. The SMILES string of the molecule is CCC1OCCC1CNCC(=O)NCCCOC. The molecule has 0 bridgehead atoms. The lowest BCUT2D eigenvalue weighted by Gasteiger charge is -2.17. The molecule has 0 aromatic heterocycles. The van der Waals surface area contributed by atoms with E-state index in [0.717, 1.165) is 32.4 Å². The Labute approximate surface area is 110 Å². The van der Waals surface area contributed by atoms with Gasteiger partial charge in [0.1, 0.15) is 0 Å². The minimum atomic E-state index is 0.0538. The molecule has 2 N–H and O–H groups in total. The largest absolute Gasteiger partial charge is 0.385 e. The lowest BCUT2D eigenvalue weighted by atomic mass is 10.00. The monoisotopic (exact) mass is 258 g/mol. The number of nitrogens with one attached hydrogen (secondary N) is 2. The molecule has 106 valence electrons. The smallest absolute Gasteiger partial charge is 0.233 e. The van der Waals surface area contributed by atoms with Crippen molar-refractivity contribution < 1.29 is 14.3 Å². The molecule has 1 fully saturated rings. The maximum absolute atomic E-state index is 11.5. The first-order valence-corrected chi connectivity index (χ1v) is 6.85. The van der Waals surface area contributed by atoms with Crippen LogP contribution in [0, 0.1) is 5.92 Å². The molecule has 1 aliphatic heterocycles. The lowest BCUT2D eigenvalue weighted by molar-refractivity contribution is -0.120. The lowest BCUT2D eigenvalue weighted by Crippen LogP contribution is -2.37. The van der Waals surface area contributed by atoms with Crippen LogP contribution in [0.15, 0.2) is 0 Å². The van der Waals surface area contributed by atoms with Gasteiger partial charge in [0.25, 0.3) is 0 Å². The van der Waals surface area contributed by atoms with Crippen LogP contribution in [-0.2, 0) is 14.3 Å². The molecule has 0 spiro atoms. The van der Waals surface area contributed by atoms with E-state index in [0.29, 0.717) is 31.7 Å². The fraction of sp³-hybridized carbons (Fsp3) is 0.923. The first kappa shape index (κ1) is 15.4. The van der Waals surface area contributed by atoms with Gasteiger partial charge in [0.2, 0.25) is 5.91 Å². The molecule has 2 unspecified atom stereocenters. The van der Waals surface area contributed by atoms with Gasteiger partial charge in [-0.05, 0) is 25.2 Å². The fourth-order valence-corrected chi connectivity index (χ4v) is 2.26. The molecule has 1 aliphatic rings. The highest BCUT2D eigenvalue weighted by Crippen LogP contribution is 2.22. The summed E-state index contributed by atoms with van der Waals surface area (Å²) in [6.45, 7) is 5.62. The maximum Gasteiger partial charge on any atom is 0.233 e. The van der Waals surface area contributed by atoms with Gasteiger partial charge in [0.15, 0.2) is 0 Å². The van der Waals surface area contributed by atoms with Crippen LogP contribution in [0.5, 0.6) is 0 Å². The molecule has 0 radical (unpaired) electrons. The summed E-state index contributed by atoms with van der Waals surface area (Å²) in [7, 11) is 1.66. The van der Waals surface area contributed by atoms with E-state index in [4.69, 9.17) is 9.47 Å². The summed E-state index contributed by atoms with van der Waals surface area (Å²) in [5, 5.41) is 6.06. The number of carbonyl (C=O) groups excluding carboxylic acids is 1. The summed E-state index contributed by atoms with van der Waals surface area (Å²) in [5.41, 5.74) is 0. The zero-order valence-corrected chi connectivity index (χ0v) is 11.5. The third-order valence-corrected chi connectivity index (χ3v) is 3.29. The first-order valence-electron chi connectivity index (χ1n) is 6.85. The number of hydrogen-bond donors (Lipinski definition) is 2. The van der Waals surface area contributed by atoms with Gasteiger partial charge < -0.3 is 20.1 Å². The van der Waals surface area contributed by atoms with Crippen molar-refractivity contribution in [3.05, 3.63) is 0 Å². The highest BCUT2D eigenvalue weighted by molar-refractivity contribution is 5.77. The summed E-state index contributed by atoms with van der Waals surface area (Å²) < 4.78 is 10.5. The second-order valence-corrected chi connectivity index (χ2v) is 4.69. The summed E-state index contributed by atoms with van der Waals surface area (Å²) in [4.78, 5) is 11.5. The van der Waals surface area contributed by atoms with E-state index < -0.39 is 0 Å². The molecular weight excluding hydrogens is 232 g/mol. The Hall–Kier alpha value is -0.650. The predicted octanol–water partition coefficient (Wildman–Crippen LogP) is 0.544. The molecular formula is C13H26N2O3. The molecule has 18 heavy (non-hydrogen) atoms. The van der Waals surface area contributed by atoms with Gasteiger partial charge in [-0.1, -0.05) is 6.92 Å². The van der Waals surface area contributed by atoms with Crippen LogP contribution in [-0.4, -0.2) is 52.0 Å². The summed E-state index contributed by atoms with van der Waals surface area (Å²) >= 11 is 0. The molecule has 1 heterocycles. The van der Waals surface area contributed by atoms with Gasteiger partial charge >= 0.3 is 0 Å². The number of ether oxygens (including phenoxy) is 2. The molecule has 5 nitrogen and oxygen atoms in total. The standard InChI is InChI=1S/C13H26N2O3/c1-3-12-11(5-8-18-12)9-14-10-13(16)15-6-4-7-17-2/h11-12,14H,3-10H2,1-2H3,(H,15,16). The highest BCUT2D eigenvalue weighted by atomic mass is 16.5. The van der Waals surface area contributed by atoms with E-state index in [1.807, 2.05) is 0 Å². The average Bonchev–Trinajstić information content (AvgIpc) is 2.82. The van der Waals surface area contributed by atoms with Crippen molar-refractivity contribution in [2.24, 2.45) is 5.92 Å². The minimum absolute atomic E-state index is 0.0538. The quantitative estimate of drug-likeness (QED) is 0.593. The summed E-state index contributed by atoms with van der Waals surface area (Å²) in [6.07, 6.45) is 3.37. The minimum Gasteiger partial charge on any atom is -0.385 e. The highest BCUT2D eigenvalue weighted by Gasteiger charge is 2.26. The molecule has 5 heteroatoms. The molecule has 1 saturated heterocycles. The van der Waals surface area contributed by atoms with Crippen LogP contribution in [0.3, 0.4) is 0 Å². The molecule has 1 amide bonds. The number of carbonyl (C=O) groups is 1. The summed E-state index contributed by atoms with van der Waals surface area (Å²) in [5.74, 6) is 0.606. The van der Waals surface area contributed by atoms with Crippen LogP contribution in [0.1, 0.15) is 26.2 Å². The van der Waals surface area contributed by atoms with Crippen LogP contribution < -0.4 is 10.6 Å². The van der Waals surface area contributed by atoms with Crippen molar-refractivity contribution in [3.8, 4) is 0 Å². The van der Waals surface area contributed by atoms with E-state index in [2.05, 4.69) is 17.6 Å². The van der Waals surface area contributed by atoms with Crippen molar-refractivity contribution >= 4 is 5.91 Å². The zero-order valence-electron chi connectivity index (χ0n) is 11.5. The number of rotatable bonds is 9. The zero-order chi connectivity index (χ0) is 13.2. The number of amides is 1. The Morgan fingerprint density at radius 1 is 1.50 bits per heavy atom. The third-order valence-electron chi connectivity index (χ3n) is 3.29. The van der Waals surface area contributed by atoms with Crippen molar-refractivity contribution in [1.29, 1.82) is 0 Å². The Balaban J connectivity index is 2.01. The molecule has 2 atom stereocenters. The van der Waals surface area contributed by atoms with Gasteiger partial charge in [-0.25, -0.2) is 0 Å². The van der Waals surface area contributed by atoms with Gasteiger partial charge in [-0.2, -0.15) is 0 Å². The first-order chi connectivity index (χ1) is 8.77. The van der Waals surface area contributed by atoms with Gasteiger partial charge in [0.05, 0.1) is 12.6 Å². The van der Waals surface area contributed by atoms with E-state index in [9.17, 15) is 4.79 Å². The topological polar surface area (TPSA) is 59.6 Å². The van der Waals surface area contributed by atoms with Crippen molar-refractivity contribution in [3.63, 3.8) is 0 Å². The maximum atomic E-state index is 11.5. The van der Waals surface area contributed by atoms with E-state index in [-0.39, 0.29) is 5.91 Å². The van der Waals surface area contributed by atoms with E-state index in [1.54, 1.807) is 7.11 Å². The van der Waals surface area contributed by atoms with Crippen LogP contribution >= 0.6 is 0 Å². The van der Waals surface area contributed by atoms with Crippen LogP contribution in [0.25, 0.3) is 0 Å². The van der Waals surface area contributed by atoms with E-state index >= 15 is 0 Å². The van der Waals surface area contributed by atoms with Gasteiger partial charge in [-0.15, -0.1) is 0 Å². The second kappa shape index (κ2) is 9.30. The summed E-state index contributed by atoms with van der Waals surface area (Å²) in [6, 6.07) is 0. The third kappa shape index (κ3) is 5.80. The van der Waals surface area contributed by atoms with Crippen LogP contribution in [0.2, 0.25) is 0 Å². The average molecular weight is 258 g/mol. The molecule has 1 rings (SSSR count). The van der Waals surface area contributed by atoms with Gasteiger partial charge in [-0.3, -0.25) is 4.79 Å². The molecule has 0 aliphatic carbocycles. The number of methoxy groups -OCH3 is 1. The van der Waals surface area contributed by atoms with Gasteiger partial charge in [0, 0.05) is 33.4 Å². The van der Waals surface area contributed by atoms with Crippen molar-refractivity contribution in [2.75, 3.05) is 40.0 Å². The fourth-order valence-electron chi connectivity index (χ4n) is 2.26. The van der Waals surface area contributed by atoms with Crippen molar-refractivity contribution in [2.45, 2.75) is 32.3 Å². The Bertz CT molecular complexity index is 236. The van der Waals surface area contributed by atoms with Crippen molar-refractivity contribution in [1.82, 2.24) is 10.6 Å². The second-order valence-electron chi connectivity index (χ2n) is 4.69. The molecule has 0 aromatic carbocycles. The van der Waals surface area contributed by atoms with Crippen LogP contribution in [0.4, 0.5) is 0 Å². The Morgan fingerprint density at radius 3 is 3.06 bits per heavy atom. The molecule has 0 saturated carbocycles. The van der Waals surface area contributed by atoms with E-state index in [1.165, 1.54) is 0 Å². The Kier molecular flexibility index (Phi) is 7.96. The Morgan fingerprint density at radius 2 is 2.33 bits per heavy atom. The number of hydrogen-bond acceptors (Lipinski definition) is 4. The molecule has 0 aromatic rings.